The Morgan fingerprint density at radius 3 is 2.54 bits per heavy atom. The second-order valence-corrected chi connectivity index (χ2v) is 10.9. The molecule has 1 saturated carbocycles. The van der Waals surface area contributed by atoms with E-state index in [-0.39, 0.29) is 5.92 Å². The lowest BCUT2D eigenvalue weighted by Gasteiger charge is -2.40. The van der Waals surface area contributed by atoms with Crippen LogP contribution in [0, 0.1) is 22.7 Å². The lowest BCUT2D eigenvalue weighted by Crippen LogP contribution is -2.45. The molecule has 0 aromatic heterocycles. The van der Waals surface area contributed by atoms with Gasteiger partial charge in [0, 0.05) is 25.0 Å². The molecular formula is C23H38N2O. The zero-order chi connectivity index (χ0) is 18.4. The molecule has 0 N–H and O–H groups in total. The molecule has 2 aliphatic heterocycles. The maximum atomic E-state index is 13.3. The van der Waals surface area contributed by atoms with Crippen LogP contribution in [-0.4, -0.2) is 47.9 Å². The highest BCUT2D eigenvalue weighted by atomic mass is 16.2. The molecule has 2 aliphatic carbocycles. The van der Waals surface area contributed by atoms with Gasteiger partial charge in [0.25, 0.3) is 0 Å². The summed E-state index contributed by atoms with van der Waals surface area (Å²) in [7, 11) is 0. The first-order chi connectivity index (χ1) is 12.3. The SMILES string of the molecule is CC1(C)C[C@H]2C[C@](C)(CN2C(=O)C2CCN(C[C@H]3CC=CCC3)CC2)C1. The average molecular weight is 359 g/mol. The predicted molar refractivity (Wildman–Crippen MR) is 107 cm³/mol. The summed E-state index contributed by atoms with van der Waals surface area (Å²) in [5, 5.41) is 0. The van der Waals surface area contributed by atoms with Gasteiger partial charge in [-0.05, 0) is 81.2 Å². The molecule has 0 unspecified atom stereocenters. The van der Waals surface area contributed by atoms with Gasteiger partial charge in [-0.1, -0.05) is 32.9 Å². The van der Waals surface area contributed by atoms with Gasteiger partial charge in [0.05, 0.1) is 0 Å². The van der Waals surface area contributed by atoms with Crippen LogP contribution >= 0.6 is 0 Å². The lowest BCUT2D eigenvalue weighted by molar-refractivity contribution is -0.138. The third kappa shape index (κ3) is 3.88. The number of likely N-dealkylation sites (tertiary alicyclic amines) is 2. The Morgan fingerprint density at radius 2 is 1.85 bits per heavy atom. The molecule has 3 heteroatoms. The summed E-state index contributed by atoms with van der Waals surface area (Å²) in [5.41, 5.74) is 0.752. The molecule has 0 aromatic carbocycles. The van der Waals surface area contributed by atoms with E-state index in [4.69, 9.17) is 0 Å². The van der Waals surface area contributed by atoms with E-state index in [1.165, 1.54) is 45.1 Å². The summed E-state index contributed by atoms with van der Waals surface area (Å²) in [6.45, 7) is 11.7. The second-order valence-electron chi connectivity index (χ2n) is 10.9. The van der Waals surface area contributed by atoms with Crippen LogP contribution in [0.15, 0.2) is 12.2 Å². The van der Waals surface area contributed by atoms with Gasteiger partial charge in [0.2, 0.25) is 5.91 Å². The van der Waals surface area contributed by atoms with Crippen LogP contribution < -0.4 is 0 Å². The first-order valence-electron chi connectivity index (χ1n) is 11.0. The van der Waals surface area contributed by atoms with Crippen LogP contribution in [0.3, 0.4) is 0 Å². The number of fused-ring (bicyclic) bond motifs is 2. The average Bonchev–Trinajstić information content (AvgIpc) is 2.85. The summed E-state index contributed by atoms with van der Waals surface area (Å²) in [4.78, 5) is 18.2. The lowest BCUT2D eigenvalue weighted by atomic mass is 9.65. The quantitative estimate of drug-likeness (QED) is 0.694. The van der Waals surface area contributed by atoms with Crippen molar-refractivity contribution < 1.29 is 4.79 Å². The number of carbonyl (C=O) groups excluding carboxylic acids is 1. The maximum absolute atomic E-state index is 13.3. The zero-order valence-corrected chi connectivity index (χ0v) is 17.2. The first kappa shape index (κ1) is 18.5. The third-order valence-corrected chi connectivity index (χ3v) is 7.53. The molecule has 26 heavy (non-hydrogen) atoms. The fourth-order valence-electron chi connectivity index (χ4n) is 6.70. The Bertz CT molecular complexity index is 561. The van der Waals surface area contributed by atoms with Crippen LogP contribution in [0.1, 0.15) is 72.1 Å². The van der Waals surface area contributed by atoms with E-state index in [9.17, 15) is 4.79 Å². The van der Waals surface area contributed by atoms with Gasteiger partial charge in [0.15, 0.2) is 0 Å². The molecule has 3 atom stereocenters. The maximum Gasteiger partial charge on any atom is 0.226 e. The van der Waals surface area contributed by atoms with E-state index in [1.54, 1.807) is 0 Å². The van der Waals surface area contributed by atoms with Crippen LogP contribution in [0.5, 0.6) is 0 Å². The number of carbonyl (C=O) groups is 1. The topological polar surface area (TPSA) is 23.6 Å². The number of nitrogens with zero attached hydrogens (tertiary/aromatic N) is 2. The smallest absolute Gasteiger partial charge is 0.226 e. The first-order valence-corrected chi connectivity index (χ1v) is 11.0. The van der Waals surface area contributed by atoms with E-state index in [0.717, 1.165) is 38.4 Å². The molecule has 4 rings (SSSR count). The molecule has 2 bridgehead atoms. The molecule has 2 saturated heterocycles. The van der Waals surface area contributed by atoms with Crippen LogP contribution in [0.4, 0.5) is 0 Å². The molecule has 1 amide bonds. The van der Waals surface area contributed by atoms with Crippen molar-refractivity contribution in [3.05, 3.63) is 12.2 Å². The zero-order valence-electron chi connectivity index (χ0n) is 17.2. The number of allylic oxidation sites excluding steroid dienone is 2. The van der Waals surface area contributed by atoms with E-state index in [0.29, 0.717) is 22.8 Å². The molecule has 2 heterocycles. The van der Waals surface area contributed by atoms with E-state index < -0.39 is 0 Å². The van der Waals surface area contributed by atoms with Crippen molar-refractivity contribution in [2.45, 2.75) is 78.2 Å². The Labute approximate surface area is 160 Å². The van der Waals surface area contributed by atoms with Crippen LogP contribution in [-0.2, 0) is 4.79 Å². The van der Waals surface area contributed by atoms with Gasteiger partial charge in [-0.3, -0.25) is 4.79 Å². The highest BCUT2D eigenvalue weighted by Gasteiger charge is 2.51. The Balaban J connectivity index is 1.31. The Morgan fingerprint density at radius 1 is 1.08 bits per heavy atom. The van der Waals surface area contributed by atoms with Crippen LogP contribution in [0.2, 0.25) is 0 Å². The second kappa shape index (κ2) is 6.96. The fraction of sp³-hybridized carbons (Fsp3) is 0.870. The molecule has 4 aliphatic rings. The third-order valence-electron chi connectivity index (χ3n) is 7.53. The van der Waals surface area contributed by atoms with Crippen molar-refractivity contribution in [2.75, 3.05) is 26.2 Å². The Kier molecular flexibility index (Phi) is 4.96. The molecule has 0 spiro atoms. The molecule has 0 radical (unpaired) electrons. The normalized spacial score (nSPS) is 37.9. The molecule has 3 fully saturated rings. The van der Waals surface area contributed by atoms with Crippen molar-refractivity contribution in [3.63, 3.8) is 0 Å². The molecule has 3 nitrogen and oxygen atoms in total. The predicted octanol–water partition coefficient (Wildman–Crippen LogP) is 4.48. The highest BCUT2D eigenvalue weighted by Crippen LogP contribution is 2.52. The van der Waals surface area contributed by atoms with Crippen molar-refractivity contribution in [2.24, 2.45) is 22.7 Å². The summed E-state index contributed by atoms with van der Waals surface area (Å²) < 4.78 is 0. The van der Waals surface area contributed by atoms with E-state index in [2.05, 4.69) is 42.7 Å². The van der Waals surface area contributed by atoms with E-state index >= 15 is 0 Å². The monoisotopic (exact) mass is 358 g/mol. The minimum atomic E-state index is 0.281. The van der Waals surface area contributed by atoms with Gasteiger partial charge < -0.3 is 9.80 Å². The summed E-state index contributed by atoms with van der Waals surface area (Å²) in [6, 6.07) is 0.503. The number of rotatable bonds is 3. The molecule has 0 aromatic rings. The van der Waals surface area contributed by atoms with Gasteiger partial charge >= 0.3 is 0 Å². The highest BCUT2D eigenvalue weighted by molar-refractivity contribution is 5.79. The largest absolute Gasteiger partial charge is 0.339 e. The van der Waals surface area contributed by atoms with E-state index in [1.807, 2.05) is 0 Å². The minimum absolute atomic E-state index is 0.281. The van der Waals surface area contributed by atoms with Gasteiger partial charge in [-0.15, -0.1) is 0 Å². The fourth-order valence-corrected chi connectivity index (χ4v) is 6.70. The number of piperidine rings is 1. The van der Waals surface area contributed by atoms with Crippen molar-refractivity contribution >= 4 is 5.91 Å². The Hall–Kier alpha value is -0.830. The van der Waals surface area contributed by atoms with Crippen molar-refractivity contribution in [1.82, 2.24) is 9.80 Å². The van der Waals surface area contributed by atoms with Crippen LogP contribution in [0.25, 0.3) is 0 Å². The molecule has 146 valence electrons. The number of hydrogen-bond acceptors (Lipinski definition) is 2. The van der Waals surface area contributed by atoms with Crippen molar-refractivity contribution in [3.8, 4) is 0 Å². The number of amides is 1. The summed E-state index contributed by atoms with van der Waals surface area (Å²) >= 11 is 0. The minimum Gasteiger partial charge on any atom is -0.339 e. The van der Waals surface area contributed by atoms with Gasteiger partial charge in [-0.2, -0.15) is 0 Å². The van der Waals surface area contributed by atoms with Crippen molar-refractivity contribution in [1.29, 1.82) is 0 Å². The van der Waals surface area contributed by atoms with Gasteiger partial charge in [-0.25, -0.2) is 0 Å². The summed E-state index contributed by atoms with van der Waals surface area (Å²) in [6.07, 6.45) is 14.4. The summed E-state index contributed by atoms with van der Waals surface area (Å²) in [5.74, 6) is 1.60. The molecular weight excluding hydrogens is 320 g/mol. The number of hydrogen-bond donors (Lipinski definition) is 0. The van der Waals surface area contributed by atoms with Gasteiger partial charge in [0.1, 0.15) is 0 Å². The standard InChI is InChI=1S/C23H38N2O/c1-22(2)13-20-14-23(3,16-22)17-25(20)21(26)19-9-11-24(12-10-19)15-18-7-5-4-6-8-18/h4-5,18-20H,6-17H2,1-3H3/t18-,20-,23-/m0/s1.